The Morgan fingerprint density at radius 2 is 1.80 bits per heavy atom. The van der Waals surface area contributed by atoms with Crippen LogP contribution in [0.3, 0.4) is 0 Å². The second-order valence-corrected chi connectivity index (χ2v) is 4.54. The fourth-order valence-corrected chi connectivity index (χ4v) is 2.18. The maximum atomic E-state index is 9.36. The van der Waals surface area contributed by atoms with Gasteiger partial charge in [0, 0.05) is 7.11 Å². The predicted octanol–water partition coefficient (Wildman–Crippen LogP) is 2.18. The number of likely N-dealkylation sites (tertiary alicyclic amines) is 1. The van der Waals surface area contributed by atoms with Gasteiger partial charge in [-0.05, 0) is 39.8 Å². The molecule has 1 aliphatic heterocycles. The molecule has 1 fully saturated rings. The average Bonchev–Trinajstić information content (AvgIpc) is 2.55. The van der Waals surface area contributed by atoms with Crippen LogP contribution in [0.15, 0.2) is 0 Å². The lowest BCUT2D eigenvalue weighted by Gasteiger charge is -2.38. The van der Waals surface area contributed by atoms with Gasteiger partial charge in [0.2, 0.25) is 0 Å². The molecule has 2 atom stereocenters. The number of hydrogen-bond acceptors (Lipinski definition) is 3. The second kappa shape index (κ2) is 5.48. The van der Waals surface area contributed by atoms with Crippen molar-refractivity contribution in [2.75, 3.05) is 20.2 Å². The van der Waals surface area contributed by atoms with E-state index in [9.17, 15) is 5.26 Å². The van der Waals surface area contributed by atoms with Gasteiger partial charge < -0.3 is 4.74 Å². The summed E-state index contributed by atoms with van der Waals surface area (Å²) in [5, 5.41) is 9.36. The first-order valence-electron chi connectivity index (χ1n) is 5.84. The lowest BCUT2D eigenvalue weighted by Crippen LogP contribution is -2.53. The summed E-state index contributed by atoms with van der Waals surface area (Å²) >= 11 is 0. The molecule has 1 aliphatic rings. The molecule has 0 spiro atoms. The van der Waals surface area contributed by atoms with Gasteiger partial charge in [0.05, 0.1) is 12.2 Å². The molecule has 15 heavy (non-hydrogen) atoms. The third-order valence-electron chi connectivity index (χ3n) is 3.63. The molecule has 1 rings (SSSR count). The Labute approximate surface area is 93.0 Å². The molecule has 0 amide bonds. The van der Waals surface area contributed by atoms with Crippen LogP contribution in [-0.4, -0.2) is 36.7 Å². The van der Waals surface area contributed by atoms with Crippen molar-refractivity contribution >= 4 is 0 Å². The summed E-state index contributed by atoms with van der Waals surface area (Å²) in [6.07, 6.45) is 4.95. The molecule has 0 radical (unpaired) electrons. The van der Waals surface area contributed by atoms with Gasteiger partial charge in [0.25, 0.3) is 0 Å². The van der Waals surface area contributed by atoms with Crippen LogP contribution >= 0.6 is 0 Å². The molecular formula is C12H22N2O. The van der Waals surface area contributed by atoms with Crippen molar-refractivity contribution in [2.24, 2.45) is 0 Å². The highest BCUT2D eigenvalue weighted by atomic mass is 16.5. The predicted molar refractivity (Wildman–Crippen MR) is 60.5 cm³/mol. The molecule has 3 nitrogen and oxygen atoms in total. The smallest absolute Gasteiger partial charge is 0.132 e. The highest BCUT2D eigenvalue weighted by Crippen LogP contribution is 2.24. The van der Waals surface area contributed by atoms with Crippen molar-refractivity contribution < 1.29 is 4.74 Å². The van der Waals surface area contributed by atoms with Crippen molar-refractivity contribution in [3.63, 3.8) is 0 Å². The Bertz CT molecular complexity index is 228. The first-order valence-corrected chi connectivity index (χ1v) is 5.84. The molecule has 0 aromatic carbocycles. The van der Waals surface area contributed by atoms with Crippen LogP contribution in [0.5, 0.6) is 0 Å². The van der Waals surface area contributed by atoms with Gasteiger partial charge in [0.15, 0.2) is 0 Å². The molecule has 2 unspecified atom stereocenters. The van der Waals surface area contributed by atoms with E-state index in [1.165, 1.54) is 25.7 Å². The van der Waals surface area contributed by atoms with E-state index in [1.54, 1.807) is 7.11 Å². The lowest BCUT2D eigenvalue weighted by atomic mass is 9.95. The van der Waals surface area contributed by atoms with E-state index < -0.39 is 5.54 Å². The lowest BCUT2D eigenvalue weighted by molar-refractivity contribution is -0.00312. The first-order chi connectivity index (χ1) is 7.15. The summed E-state index contributed by atoms with van der Waals surface area (Å²) < 4.78 is 5.34. The zero-order chi connectivity index (χ0) is 11.3. The van der Waals surface area contributed by atoms with Gasteiger partial charge in [-0.15, -0.1) is 0 Å². The minimum Gasteiger partial charge on any atom is -0.379 e. The Hall–Kier alpha value is -0.590. The van der Waals surface area contributed by atoms with Crippen molar-refractivity contribution in [1.29, 1.82) is 5.26 Å². The van der Waals surface area contributed by atoms with Gasteiger partial charge in [-0.1, -0.05) is 12.8 Å². The number of rotatable bonds is 3. The van der Waals surface area contributed by atoms with Crippen LogP contribution < -0.4 is 0 Å². The minimum atomic E-state index is -0.473. The summed E-state index contributed by atoms with van der Waals surface area (Å²) in [5.74, 6) is 0. The largest absolute Gasteiger partial charge is 0.379 e. The quantitative estimate of drug-likeness (QED) is 0.716. The number of methoxy groups -OCH3 is 1. The monoisotopic (exact) mass is 210 g/mol. The molecule has 86 valence electrons. The Morgan fingerprint density at radius 1 is 1.27 bits per heavy atom. The zero-order valence-corrected chi connectivity index (χ0v) is 10.1. The third-order valence-corrected chi connectivity index (χ3v) is 3.63. The summed E-state index contributed by atoms with van der Waals surface area (Å²) in [4.78, 5) is 2.29. The topological polar surface area (TPSA) is 36.3 Å². The average molecular weight is 210 g/mol. The second-order valence-electron chi connectivity index (χ2n) is 4.54. The Kier molecular flexibility index (Phi) is 4.56. The van der Waals surface area contributed by atoms with Gasteiger partial charge in [-0.25, -0.2) is 0 Å². The molecule has 0 aliphatic carbocycles. The summed E-state index contributed by atoms with van der Waals surface area (Å²) in [6, 6.07) is 2.43. The van der Waals surface area contributed by atoms with Gasteiger partial charge in [-0.2, -0.15) is 5.26 Å². The van der Waals surface area contributed by atoms with Gasteiger partial charge in [-0.3, -0.25) is 4.90 Å². The van der Waals surface area contributed by atoms with Crippen LogP contribution in [0.1, 0.15) is 39.5 Å². The SMILES string of the molecule is COC(C)C(C)(C#N)N1CCCCCC1. The van der Waals surface area contributed by atoms with Crippen LogP contribution in [-0.2, 0) is 4.74 Å². The normalized spacial score (nSPS) is 24.9. The fraction of sp³-hybridized carbons (Fsp3) is 0.917. The van der Waals surface area contributed by atoms with Crippen molar-refractivity contribution in [3.05, 3.63) is 0 Å². The van der Waals surface area contributed by atoms with Crippen LogP contribution in [0.4, 0.5) is 0 Å². The molecule has 0 saturated carbocycles. The summed E-state index contributed by atoms with van der Waals surface area (Å²) in [7, 11) is 1.68. The van der Waals surface area contributed by atoms with Crippen molar-refractivity contribution in [2.45, 2.75) is 51.2 Å². The van der Waals surface area contributed by atoms with Gasteiger partial charge in [0.1, 0.15) is 5.54 Å². The third kappa shape index (κ3) is 2.70. The Balaban J connectivity index is 2.75. The van der Waals surface area contributed by atoms with E-state index in [2.05, 4.69) is 11.0 Å². The van der Waals surface area contributed by atoms with Crippen molar-refractivity contribution in [3.8, 4) is 6.07 Å². The van der Waals surface area contributed by atoms with Gasteiger partial charge >= 0.3 is 0 Å². The first kappa shape index (κ1) is 12.5. The molecular weight excluding hydrogens is 188 g/mol. The van der Waals surface area contributed by atoms with E-state index in [-0.39, 0.29) is 6.10 Å². The van der Waals surface area contributed by atoms with E-state index >= 15 is 0 Å². The molecule has 0 aromatic heterocycles. The molecule has 0 bridgehead atoms. The fourth-order valence-electron chi connectivity index (χ4n) is 2.18. The van der Waals surface area contributed by atoms with E-state index in [4.69, 9.17) is 4.74 Å². The van der Waals surface area contributed by atoms with E-state index in [1.807, 2.05) is 13.8 Å². The highest BCUT2D eigenvalue weighted by Gasteiger charge is 2.37. The standard InChI is InChI=1S/C12H22N2O/c1-11(15-3)12(2,10-13)14-8-6-4-5-7-9-14/h11H,4-9H2,1-3H3. The molecule has 3 heteroatoms. The molecule has 0 aromatic rings. The maximum Gasteiger partial charge on any atom is 0.132 e. The van der Waals surface area contributed by atoms with Crippen LogP contribution in [0, 0.1) is 11.3 Å². The number of hydrogen-bond donors (Lipinski definition) is 0. The van der Waals surface area contributed by atoms with Crippen LogP contribution in [0.25, 0.3) is 0 Å². The molecule has 1 saturated heterocycles. The summed E-state index contributed by atoms with van der Waals surface area (Å²) in [6.45, 7) is 6.02. The highest BCUT2D eigenvalue weighted by molar-refractivity contribution is 5.09. The van der Waals surface area contributed by atoms with Crippen LogP contribution in [0.2, 0.25) is 0 Å². The van der Waals surface area contributed by atoms with E-state index in [0.717, 1.165) is 13.1 Å². The van der Waals surface area contributed by atoms with E-state index in [0.29, 0.717) is 0 Å². The number of nitriles is 1. The van der Waals surface area contributed by atoms with Crippen molar-refractivity contribution in [1.82, 2.24) is 4.90 Å². The molecule has 1 heterocycles. The maximum absolute atomic E-state index is 9.36. The number of nitrogens with zero attached hydrogens (tertiary/aromatic N) is 2. The molecule has 0 N–H and O–H groups in total. The zero-order valence-electron chi connectivity index (χ0n) is 10.1. The summed E-state index contributed by atoms with van der Waals surface area (Å²) in [5.41, 5.74) is -0.473. The Morgan fingerprint density at radius 3 is 2.20 bits per heavy atom. The minimum absolute atomic E-state index is 0.0411. The number of ether oxygens (including phenoxy) is 1.